The summed E-state index contributed by atoms with van der Waals surface area (Å²) in [7, 11) is -9.90. The Morgan fingerprint density at radius 2 is 0.495 bits per heavy atom. The van der Waals surface area contributed by atoms with Crippen molar-refractivity contribution in [1.29, 1.82) is 0 Å². The van der Waals surface area contributed by atoms with Crippen LogP contribution in [0, 0.1) is 5.92 Å². The molecule has 2 unspecified atom stereocenters. The fourth-order valence-electron chi connectivity index (χ4n) is 11.4. The summed E-state index contributed by atoms with van der Waals surface area (Å²) in [6.07, 6.45) is 55.9. The number of aliphatic hydroxyl groups excluding tert-OH is 1. The van der Waals surface area contributed by atoms with Gasteiger partial charge in [-0.3, -0.25) is 37.3 Å². The Morgan fingerprint density at radius 1 is 0.290 bits per heavy atom. The Kier molecular flexibility index (Phi) is 65.9. The summed E-state index contributed by atoms with van der Waals surface area (Å²) >= 11 is 0. The van der Waals surface area contributed by atoms with Crippen LogP contribution in [0.5, 0.6) is 0 Å². The summed E-state index contributed by atoms with van der Waals surface area (Å²) in [5, 5.41) is 10.6. The van der Waals surface area contributed by atoms with Crippen LogP contribution in [0.25, 0.3) is 0 Å². The van der Waals surface area contributed by atoms with Crippen molar-refractivity contribution in [2.24, 2.45) is 5.92 Å². The van der Waals surface area contributed by atoms with E-state index in [0.717, 1.165) is 102 Å². The standard InChI is InChI=1S/C74H144O17P2/c1-6-9-12-15-17-19-21-23-25-27-29-31-35-39-43-48-53-58-72(77)85-64-70(91-74(79)59-54-49-44-40-36-32-30-28-26-24-22-20-18-16-13-10-7-2)66-89-93(82,83)87-62-68(75)61-86-92(80,81)88-65-69(63-84-71(76)57-52-46-14-11-8-3)90-73(78)60-55-50-45-41-37-33-34-38-42-47-51-56-67(4)5/h67-70,75H,6-66H2,1-5H3,(H,80,81)(H,82,83)/t68-,69+,70+/m0/s1. The molecule has 0 aliphatic heterocycles. The van der Waals surface area contributed by atoms with E-state index in [1.165, 1.54) is 205 Å². The van der Waals surface area contributed by atoms with Crippen LogP contribution in [0.15, 0.2) is 0 Å². The number of ether oxygens (including phenoxy) is 4. The number of esters is 4. The molecule has 0 saturated carbocycles. The minimum absolute atomic E-state index is 0.106. The van der Waals surface area contributed by atoms with Crippen LogP contribution in [0.1, 0.15) is 388 Å². The molecule has 0 radical (unpaired) electrons. The monoisotopic (exact) mass is 1370 g/mol. The van der Waals surface area contributed by atoms with Gasteiger partial charge in [0.15, 0.2) is 12.2 Å². The fourth-order valence-corrected chi connectivity index (χ4v) is 12.9. The zero-order valence-corrected chi connectivity index (χ0v) is 62.2. The Balaban J connectivity index is 5.14. The van der Waals surface area contributed by atoms with E-state index in [1.54, 1.807) is 0 Å². The third-order valence-corrected chi connectivity index (χ3v) is 19.2. The van der Waals surface area contributed by atoms with Crippen LogP contribution in [0.4, 0.5) is 0 Å². The highest BCUT2D eigenvalue weighted by molar-refractivity contribution is 7.47. The molecule has 0 aliphatic rings. The van der Waals surface area contributed by atoms with Crippen LogP contribution in [0.2, 0.25) is 0 Å². The highest BCUT2D eigenvalue weighted by Crippen LogP contribution is 2.45. The fraction of sp³-hybridized carbons (Fsp3) is 0.946. The predicted molar refractivity (Wildman–Crippen MR) is 377 cm³/mol. The first kappa shape index (κ1) is 91.1. The van der Waals surface area contributed by atoms with Gasteiger partial charge in [-0.1, -0.05) is 336 Å². The number of hydrogen-bond acceptors (Lipinski definition) is 15. The number of carbonyl (C=O) groups is 4. The van der Waals surface area contributed by atoms with Crippen molar-refractivity contribution in [3.63, 3.8) is 0 Å². The van der Waals surface area contributed by atoms with Crippen molar-refractivity contribution in [2.75, 3.05) is 39.6 Å². The summed E-state index contributed by atoms with van der Waals surface area (Å²) in [5.41, 5.74) is 0. The predicted octanol–water partition coefficient (Wildman–Crippen LogP) is 21.7. The molecule has 17 nitrogen and oxygen atoms in total. The largest absolute Gasteiger partial charge is 0.472 e. The highest BCUT2D eigenvalue weighted by Gasteiger charge is 2.30. The van der Waals surface area contributed by atoms with Gasteiger partial charge in [0.2, 0.25) is 0 Å². The Labute approximate surface area is 568 Å². The maximum atomic E-state index is 13.1. The molecule has 0 aliphatic carbocycles. The minimum atomic E-state index is -4.95. The Bertz CT molecular complexity index is 1790. The smallest absolute Gasteiger partial charge is 0.462 e. The van der Waals surface area contributed by atoms with Crippen molar-refractivity contribution < 1.29 is 80.2 Å². The number of unbranched alkanes of at least 4 members (excludes halogenated alkanes) is 46. The van der Waals surface area contributed by atoms with Crippen molar-refractivity contribution in [1.82, 2.24) is 0 Å². The van der Waals surface area contributed by atoms with E-state index in [4.69, 9.17) is 37.0 Å². The Hall–Kier alpha value is -1.94. The third-order valence-electron chi connectivity index (χ3n) is 17.3. The van der Waals surface area contributed by atoms with Gasteiger partial charge in [0.05, 0.1) is 26.4 Å². The van der Waals surface area contributed by atoms with Crippen molar-refractivity contribution in [3.05, 3.63) is 0 Å². The average Bonchev–Trinajstić information content (AvgIpc) is 1.95. The lowest BCUT2D eigenvalue weighted by atomic mass is 10.0. The molecule has 0 amide bonds. The summed E-state index contributed by atoms with van der Waals surface area (Å²) in [4.78, 5) is 72.5. The van der Waals surface area contributed by atoms with Gasteiger partial charge in [0.25, 0.3) is 0 Å². The lowest BCUT2D eigenvalue weighted by Gasteiger charge is -2.21. The number of rotatable bonds is 74. The van der Waals surface area contributed by atoms with E-state index in [1.807, 2.05) is 0 Å². The van der Waals surface area contributed by atoms with E-state index < -0.39 is 97.5 Å². The molecular formula is C74H144O17P2. The average molecular weight is 1370 g/mol. The summed E-state index contributed by atoms with van der Waals surface area (Å²) < 4.78 is 68.3. The van der Waals surface area contributed by atoms with Crippen LogP contribution in [-0.2, 0) is 65.4 Å². The number of phosphoric ester groups is 2. The normalized spacial score (nSPS) is 14.0. The van der Waals surface area contributed by atoms with E-state index in [9.17, 15) is 43.2 Å². The van der Waals surface area contributed by atoms with Crippen LogP contribution < -0.4 is 0 Å². The van der Waals surface area contributed by atoms with Gasteiger partial charge in [-0.05, 0) is 31.6 Å². The molecule has 3 N–H and O–H groups in total. The molecule has 19 heteroatoms. The summed E-state index contributed by atoms with van der Waals surface area (Å²) in [6, 6.07) is 0. The molecule has 0 fully saturated rings. The van der Waals surface area contributed by atoms with Gasteiger partial charge < -0.3 is 33.8 Å². The molecule has 0 spiro atoms. The van der Waals surface area contributed by atoms with Gasteiger partial charge in [0, 0.05) is 25.7 Å². The second kappa shape index (κ2) is 67.3. The maximum absolute atomic E-state index is 13.1. The first-order valence-electron chi connectivity index (χ1n) is 38.6. The molecule has 0 rings (SSSR count). The molecular weight excluding hydrogens is 1220 g/mol. The second-order valence-electron chi connectivity index (χ2n) is 27.2. The molecule has 0 bridgehead atoms. The van der Waals surface area contributed by atoms with E-state index in [-0.39, 0.29) is 25.7 Å². The van der Waals surface area contributed by atoms with Crippen LogP contribution in [-0.4, -0.2) is 96.7 Å². The van der Waals surface area contributed by atoms with Crippen molar-refractivity contribution in [2.45, 2.75) is 406 Å². The lowest BCUT2D eigenvalue weighted by Crippen LogP contribution is -2.30. The molecule has 0 aromatic carbocycles. The summed E-state index contributed by atoms with van der Waals surface area (Å²) in [6.45, 7) is 7.20. The number of hydrogen-bond donors (Lipinski definition) is 3. The van der Waals surface area contributed by atoms with Crippen LogP contribution >= 0.6 is 15.6 Å². The second-order valence-corrected chi connectivity index (χ2v) is 30.1. The molecule has 0 heterocycles. The molecule has 5 atom stereocenters. The maximum Gasteiger partial charge on any atom is 0.472 e. The number of aliphatic hydroxyl groups is 1. The first-order valence-corrected chi connectivity index (χ1v) is 41.6. The molecule has 552 valence electrons. The van der Waals surface area contributed by atoms with Gasteiger partial charge in [-0.2, -0.15) is 0 Å². The number of carbonyl (C=O) groups excluding carboxylic acids is 4. The van der Waals surface area contributed by atoms with E-state index in [2.05, 4.69) is 34.6 Å². The lowest BCUT2D eigenvalue weighted by molar-refractivity contribution is -0.161. The molecule has 0 aromatic heterocycles. The van der Waals surface area contributed by atoms with Crippen molar-refractivity contribution in [3.8, 4) is 0 Å². The van der Waals surface area contributed by atoms with Crippen LogP contribution in [0.3, 0.4) is 0 Å². The molecule has 0 saturated heterocycles. The third kappa shape index (κ3) is 68.4. The van der Waals surface area contributed by atoms with Gasteiger partial charge in [-0.15, -0.1) is 0 Å². The number of phosphoric acid groups is 2. The van der Waals surface area contributed by atoms with Gasteiger partial charge >= 0.3 is 39.5 Å². The highest BCUT2D eigenvalue weighted by atomic mass is 31.2. The Morgan fingerprint density at radius 3 is 0.731 bits per heavy atom. The SMILES string of the molecule is CCCCCCCCCCCCCCCCCCCC(=O)OC[C@H](COP(=O)(O)OC[C@@H](O)COP(=O)(O)OC[C@@H](COC(=O)CCCCCCC)OC(=O)CCCCCCCCCCCCCC(C)C)OC(=O)CCCCCCCCCCCCCCCCCCC. The minimum Gasteiger partial charge on any atom is -0.462 e. The van der Waals surface area contributed by atoms with Gasteiger partial charge in [-0.25, -0.2) is 9.13 Å². The molecule has 93 heavy (non-hydrogen) atoms. The zero-order valence-electron chi connectivity index (χ0n) is 60.4. The summed E-state index contributed by atoms with van der Waals surface area (Å²) in [5.74, 6) is -1.36. The first-order chi connectivity index (χ1) is 45.0. The molecule has 0 aromatic rings. The topological polar surface area (TPSA) is 237 Å². The van der Waals surface area contributed by atoms with Gasteiger partial charge in [0.1, 0.15) is 19.3 Å². The van der Waals surface area contributed by atoms with Crippen molar-refractivity contribution >= 4 is 39.5 Å². The quantitative estimate of drug-likeness (QED) is 0.0222. The zero-order chi connectivity index (χ0) is 68.4. The van der Waals surface area contributed by atoms with E-state index in [0.29, 0.717) is 25.7 Å². The van der Waals surface area contributed by atoms with E-state index >= 15 is 0 Å².